The van der Waals surface area contributed by atoms with Crippen LogP contribution in [0.3, 0.4) is 0 Å². The first kappa shape index (κ1) is 22.7. The van der Waals surface area contributed by atoms with Gasteiger partial charge in [-0.1, -0.05) is 6.07 Å². The summed E-state index contributed by atoms with van der Waals surface area (Å²) in [5.41, 5.74) is 5.45. The first-order chi connectivity index (χ1) is 16.3. The molecule has 2 heterocycles. The van der Waals surface area contributed by atoms with Crippen LogP contribution >= 0.6 is 11.3 Å². The zero-order chi connectivity index (χ0) is 23.9. The second kappa shape index (κ2) is 8.91. The Morgan fingerprint density at radius 3 is 2.56 bits per heavy atom. The van der Waals surface area contributed by atoms with Gasteiger partial charge in [-0.15, -0.1) is 11.3 Å². The molecule has 0 unspecified atom stereocenters. The lowest BCUT2D eigenvalue weighted by atomic mass is 9.90. The molecular weight excluding hydrogens is 459 g/mol. The molecule has 0 amide bonds. The monoisotopic (exact) mass is 483 g/mol. The fourth-order valence-corrected chi connectivity index (χ4v) is 5.93. The van der Waals surface area contributed by atoms with Gasteiger partial charge in [0, 0.05) is 34.6 Å². The average molecular weight is 484 g/mol. The van der Waals surface area contributed by atoms with Gasteiger partial charge < -0.3 is 10.6 Å². The number of fused-ring (bicyclic) bond motifs is 2. The number of hydrogen-bond acceptors (Lipinski definition) is 6. The van der Waals surface area contributed by atoms with Crippen molar-refractivity contribution >= 4 is 39.1 Å². The van der Waals surface area contributed by atoms with Crippen molar-refractivity contribution in [3.05, 3.63) is 51.7 Å². The molecule has 2 aliphatic carbocycles. The van der Waals surface area contributed by atoms with E-state index in [1.165, 1.54) is 17.5 Å². The topological polar surface area (TPSA) is 73.6 Å². The highest BCUT2D eigenvalue weighted by Crippen LogP contribution is 2.35. The number of alkyl halides is 3. The van der Waals surface area contributed by atoms with Crippen molar-refractivity contribution in [2.24, 2.45) is 0 Å². The highest BCUT2D eigenvalue weighted by molar-refractivity contribution is 7.18. The molecule has 34 heavy (non-hydrogen) atoms. The van der Waals surface area contributed by atoms with E-state index >= 15 is 0 Å². The lowest BCUT2D eigenvalue weighted by Crippen LogP contribution is -2.32. The fraction of sp³-hybridized carbons (Fsp3) is 0.400. The SMILES string of the molecule is Cc1c(NC2CCC(Nc3ncnc4sc(CC(F)(F)F)cc34)CC2)ccc2c1C=C(C#N)C2. The van der Waals surface area contributed by atoms with E-state index in [1.54, 1.807) is 6.07 Å². The van der Waals surface area contributed by atoms with E-state index in [1.807, 2.05) is 6.08 Å². The summed E-state index contributed by atoms with van der Waals surface area (Å²) in [5.74, 6) is 0.612. The van der Waals surface area contributed by atoms with Gasteiger partial charge in [-0.25, -0.2) is 9.97 Å². The largest absolute Gasteiger partial charge is 0.393 e. The fourth-order valence-electron chi connectivity index (χ4n) is 4.90. The number of nitrogens with one attached hydrogen (secondary N) is 2. The Bertz CT molecular complexity index is 1300. The van der Waals surface area contributed by atoms with E-state index in [-0.39, 0.29) is 10.9 Å². The summed E-state index contributed by atoms with van der Waals surface area (Å²) in [4.78, 5) is 9.30. The van der Waals surface area contributed by atoms with Crippen molar-refractivity contribution in [2.75, 3.05) is 10.6 Å². The van der Waals surface area contributed by atoms with Crippen LogP contribution in [0.25, 0.3) is 16.3 Å². The molecule has 0 bridgehead atoms. The van der Waals surface area contributed by atoms with E-state index in [0.717, 1.165) is 53.8 Å². The zero-order valence-electron chi connectivity index (χ0n) is 18.7. The predicted molar refractivity (Wildman–Crippen MR) is 129 cm³/mol. The lowest BCUT2D eigenvalue weighted by molar-refractivity contribution is -0.126. The van der Waals surface area contributed by atoms with Gasteiger partial charge in [0.2, 0.25) is 0 Å². The number of halogens is 3. The van der Waals surface area contributed by atoms with Crippen molar-refractivity contribution in [1.29, 1.82) is 5.26 Å². The van der Waals surface area contributed by atoms with Gasteiger partial charge in [-0.3, -0.25) is 0 Å². The summed E-state index contributed by atoms with van der Waals surface area (Å²) in [6, 6.07) is 8.60. The molecule has 2 aromatic heterocycles. The molecule has 0 atom stereocenters. The molecule has 2 aliphatic rings. The Morgan fingerprint density at radius 1 is 1.12 bits per heavy atom. The van der Waals surface area contributed by atoms with Crippen LogP contribution in [0.1, 0.15) is 47.3 Å². The normalized spacial score (nSPS) is 20.0. The van der Waals surface area contributed by atoms with Gasteiger partial charge in [0.1, 0.15) is 17.0 Å². The zero-order valence-corrected chi connectivity index (χ0v) is 19.5. The number of nitrogens with zero attached hydrogens (tertiary/aromatic N) is 3. The summed E-state index contributed by atoms with van der Waals surface area (Å²) < 4.78 is 38.4. The van der Waals surface area contributed by atoms with Crippen LogP contribution in [0.5, 0.6) is 0 Å². The first-order valence-corrected chi connectivity index (χ1v) is 12.2. The minimum atomic E-state index is -4.24. The summed E-state index contributed by atoms with van der Waals surface area (Å²) in [7, 11) is 0. The van der Waals surface area contributed by atoms with E-state index in [4.69, 9.17) is 0 Å². The Balaban J connectivity index is 1.22. The van der Waals surface area contributed by atoms with Gasteiger partial charge in [0.25, 0.3) is 0 Å². The molecule has 1 fully saturated rings. The van der Waals surface area contributed by atoms with Crippen molar-refractivity contribution in [1.82, 2.24) is 9.97 Å². The third kappa shape index (κ3) is 4.73. The number of anilines is 2. The van der Waals surface area contributed by atoms with E-state index in [0.29, 0.717) is 28.5 Å². The highest BCUT2D eigenvalue weighted by Gasteiger charge is 2.29. The van der Waals surface area contributed by atoms with Gasteiger partial charge in [0.05, 0.1) is 17.9 Å². The minimum Gasteiger partial charge on any atom is -0.382 e. The average Bonchev–Trinajstić information content (AvgIpc) is 3.40. The van der Waals surface area contributed by atoms with E-state index in [2.05, 4.69) is 45.7 Å². The molecular formula is C25H24F3N5S. The second-order valence-electron chi connectivity index (χ2n) is 9.05. The van der Waals surface area contributed by atoms with Gasteiger partial charge in [-0.05, 0) is 67.5 Å². The number of nitriles is 1. The molecule has 0 radical (unpaired) electrons. The summed E-state index contributed by atoms with van der Waals surface area (Å²) in [6.07, 6.45) is 2.75. The number of rotatable bonds is 5. The summed E-state index contributed by atoms with van der Waals surface area (Å²) >= 11 is 1.07. The van der Waals surface area contributed by atoms with E-state index in [9.17, 15) is 18.4 Å². The number of allylic oxidation sites excluding steroid dienone is 1. The maximum absolute atomic E-state index is 12.8. The maximum Gasteiger partial charge on any atom is 0.393 e. The van der Waals surface area contributed by atoms with E-state index < -0.39 is 12.6 Å². The molecule has 0 aliphatic heterocycles. The first-order valence-electron chi connectivity index (χ1n) is 11.4. The maximum atomic E-state index is 12.8. The number of hydrogen-bond donors (Lipinski definition) is 2. The number of thiophene rings is 1. The molecule has 3 aromatic rings. The van der Waals surface area contributed by atoms with Crippen molar-refractivity contribution in [3.8, 4) is 6.07 Å². The quantitative estimate of drug-likeness (QED) is 0.439. The van der Waals surface area contributed by atoms with Crippen LogP contribution in [-0.4, -0.2) is 28.2 Å². The molecule has 1 aromatic carbocycles. The number of benzene rings is 1. The molecule has 0 saturated heterocycles. The second-order valence-corrected chi connectivity index (χ2v) is 10.2. The minimum absolute atomic E-state index is 0.212. The molecule has 176 valence electrons. The third-order valence-corrected chi connectivity index (χ3v) is 7.67. The van der Waals surface area contributed by atoms with Crippen molar-refractivity contribution in [2.45, 2.75) is 63.7 Å². The molecule has 5 rings (SSSR count). The summed E-state index contributed by atoms with van der Waals surface area (Å²) in [6.45, 7) is 2.10. The molecule has 0 spiro atoms. The predicted octanol–water partition coefficient (Wildman–Crippen LogP) is 6.40. The van der Waals surface area contributed by atoms with Crippen LogP contribution in [0, 0.1) is 18.3 Å². The van der Waals surface area contributed by atoms with Crippen molar-refractivity contribution < 1.29 is 13.2 Å². The Morgan fingerprint density at radius 2 is 1.85 bits per heavy atom. The Labute approximate surface area is 199 Å². The van der Waals surface area contributed by atoms with Crippen LogP contribution in [0.4, 0.5) is 24.7 Å². The number of aromatic nitrogens is 2. The van der Waals surface area contributed by atoms with Crippen LogP contribution < -0.4 is 10.6 Å². The molecule has 5 nitrogen and oxygen atoms in total. The Hall–Kier alpha value is -3.12. The standard InChI is InChI=1S/C25H24F3N5S/c1-14-20-9-15(12-29)8-16(20)2-7-22(14)32-17-3-5-18(6-4-17)33-23-21-10-19(11-25(26,27)28)34-24(21)31-13-30-23/h2,7,9-10,13,17-18,32H,3-6,8,11H2,1H3,(H,30,31,33). The smallest absolute Gasteiger partial charge is 0.382 e. The Kier molecular flexibility index (Phi) is 5.94. The van der Waals surface area contributed by atoms with Gasteiger partial charge in [-0.2, -0.15) is 18.4 Å². The third-order valence-electron chi connectivity index (χ3n) is 6.63. The van der Waals surface area contributed by atoms with Crippen LogP contribution in [0.2, 0.25) is 0 Å². The molecule has 9 heteroatoms. The van der Waals surface area contributed by atoms with Gasteiger partial charge >= 0.3 is 6.18 Å². The summed E-state index contributed by atoms with van der Waals surface area (Å²) in [5, 5.41) is 17.0. The molecule has 1 saturated carbocycles. The molecule has 2 N–H and O–H groups in total. The van der Waals surface area contributed by atoms with Crippen LogP contribution in [0.15, 0.2) is 30.1 Å². The highest BCUT2D eigenvalue weighted by atomic mass is 32.1. The lowest BCUT2D eigenvalue weighted by Gasteiger charge is -2.31. The van der Waals surface area contributed by atoms with Crippen LogP contribution in [-0.2, 0) is 12.8 Å². The van der Waals surface area contributed by atoms with Gasteiger partial charge in [0.15, 0.2) is 0 Å². The van der Waals surface area contributed by atoms with Crippen molar-refractivity contribution in [3.63, 3.8) is 0 Å².